The number of amides is 1. The topological polar surface area (TPSA) is 40.5 Å². The van der Waals surface area contributed by atoms with Crippen LogP contribution in [0, 0.1) is 0 Å². The van der Waals surface area contributed by atoms with Crippen molar-refractivity contribution in [1.29, 1.82) is 0 Å². The molecule has 0 atom stereocenters. The van der Waals surface area contributed by atoms with Crippen LogP contribution >= 0.6 is 23.4 Å². The van der Waals surface area contributed by atoms with Gasteiger partial charge in [0.15, 0.2) is 0 Å². The van der Waals surface area contributed by atoms with Crippen molar-refractivity contribution in [3.8, 4) is 5.75 Å². The number of carbonyl (C=O) groups is 1. The molecule has 0 saturated heterocycles. The number of aromatic hydroxyl groups is 1. The molecule has 0 spiro atoms. The van der Waals surface area contributed by atoms with Gasteiger partial charge in [-0.05, 0) is 29.8 Å². The van der Waals surface area contributed by atoms with Gasteiger partial charge in [-0.3, -0.25) is 4.79 Å². The van der Waals surface area contributed by atoms with Crippen LogP contribution in [-0.2, 0) is 11.3 Å². The van der Waals surface area contributed by atoms with Crippen molar-refractivity contribution in [2.24, 2.45) is 0 Å². The third kappa shape index (κ3) is 4.69. The van der Waals surface area contributed by atoms with E-state index >= 15 is 0 Å². The number of phenolic OH excluding ortho intramolecular Hbond substituents is 1. The smallest absolute Gasteiger partial charge is 0.232 e. The number of phenols is 1. The lowest BCUT2D eigenvalue weighted by Crippen LogP contribution is -2.27. The molecule has 110 valence electrons. The van der Waals surface area contributed by atoms with Crippen LogP contribution in [0.2, 0.25) is 5.02 Å². The van der Waals surface area contributed by atoms with Crippen LogP contribution in [-0.4, -0.2) is 28.7 Å². The highest BCUT2D eigenvalue weighted by atomic mass is 35.5. The fraction of sp³-hybridized carbons (Fsp3) is 0.188. The Morgan fingerprint density at radius 3 is 2.71 bits per heavy atom. The number of halogens is 1. The molecule has 0 aliphatic heterocycles. The summed E-state index contributed by atoms with van der Waals surface area (Å²) in [6.07, 6.45) is 0. The van der Waals surface area contributed by atoms with Gasteiger partial charge in [0.05, 0.1) is 5.75 Å². The zero-order chi connectivity index (χ0) is 15.2. The average molecular weight is 322 g/mol. The molecule has 0 aliphatic rings. The minimum Gasteiger partial charge on any atom is -0.507 e. The van der Waals surface area contributed by atoms with Crippen molar-refractivity contribution < 1.29 is 9.90 Å². The van der Waals surface area contributed by atoms with Crippen molar-refractivity contribution >= 4 is 29.3 Å². The average Bonchev–Trinajstić information content (AvgIpc) is 2.46. The third-order valence-corrected chi connectivity index (χ3v) is 4.23. The Bertz CT molecular complexity index is 633. The molecule has 2 aromatic carbocycles. The summed E-state index contributed by atoms with van der Waals surface area (Å²) in [6, 6.07) is 14.5. The summed E-state index contributed by atoms with van der Waals surface area (Å²) >= 11 is 7.26. The molecule has 1 amide bonds. The van der Waals surface area contributed by atoms with E-state index in [1.54, 1.807) is 36.2 Å². The first-order chi connectivity index (χ1) is 10.1. The largest absolute Gasteiger partial charge is 0.507 e. The van der Waals surface area contributed by atoms with Gasteiger partial charge in [0, 0.05) is 23.5 Å². The van der Waals surface area contributed by atoms with Crippen molar-refractivity contribution in [3.05, 3.63) is 59.1 Å². The van der Waals surface area contributed by atoms with Gasteiger partial charge < -0.3 is 10.0 Å². The van der Waals surface area contributed by atoms with E-state index in [1.165, 1.54) is 11.8 Å². The number of nitrogens with zero attached hydrogens (tertiary/aromatic N) is 1. The zero-order valence-corrected chi connectivity index (χ0v) is 13.2. The number of benzene rings is 2. The fourth-order valence-corrected chi connectivity index (χ4v) is 2.93. The molecule has 1 N–H and O–H groups in total. The van der Waals surface area contributed by atoms with Gasteiger partial charge in [0.25, 0.3) is 0 Å². The van der Waals surface area contributed by atoms with Gasteiger partial charge in [-0.25, -0.2) is 0 Å². The van der Waals surface area contributed by atoms with Gasteiger partial charge in [-0.15, -0.1) is 11.8 Å². The predicted octanol–water partition coefficient (Wildman–Crippen LogP) is 3.80. The van der Waals surface area contributed by atoms with E-state index < -0.39 is 0 Å². The maximum absolute atomic E-state index is 12.1. The Balaban J connectivity index is 1.90. The van der Waals surface area contributed by atoms with Crippen LogP contribution in [0.3, 0.4) is 0 Å². The van der Waals surface area contributed by atoms with E-state index in [2.05, 4.69) is 0 Å². The third-order valence-electron chi connectivity index (χ3n) is 2.95. The predicted molar refractivity (Wildman–Crippen MR) is 86.8 cm³/mol. The molecular weight excluding hydrogens is 306 g/mol. The first-order valence-electron chi connectivity index (χ1n) is 6.45. The molecule has 0 saturated carbocycles. The van der Waals surface area contributed by atoms with Crippen LogP contribution < -0.4 is 0 Å². The summed E-state index contributed by atoms with van der Waals surface area (Å²) in [5.74, 6) is 0.491. The number of hydrogen-bond acceptors (Lipinski definition) is 3. The zero-order valence-electron chi connectivity index (χ0n) is 11.6. The molecule has 0 fully saturated rings. The molecular formula is C16H16ClNO2S. The van der Waals surface area contributed by atoms with Crippen LogP contribution in [0.5, 0.6) is 5.75 Å². The summed E-state index contributed by atoms with van der Waals surface area (Å²) in [7, 11) is 1.76. The Morgan fingerprint density at radius 2 is 2.00 bits per heavy atom. The fourth-order valence-electron chi connectivity index (χ4n) is 1.83. The molecule has 21 heavy (non-hydrogen) atoms. The molecule has 0 heterocycles. The van der Waals surface area contributed by atoms with Crippen molar-refractivity contribution in [2.75, 3.05) is 12.8 Å². The van der Waals surface area contributed by atoms with E-state index in [1.807, 2.05) is 24.3 Å². The van der Waals surface area contributed by atoms with Crippen molar-refractivity contribution in [2.45, 2.75) is 11.4 Å². The van der Waals surface area contributed by atoms with Gasteiger partial charge in [-0.2, -0.15) is 0 Å². The Morgan fingerprint density at radius 1 is 1.24 bits per heavy atom. The Kier molecular flexibility index (Phi) is 5.53. The second kappa shape index (κ2) is 7.38. The maximum atomic E-state index is 12.1. The number of carbonyl (C=O) groups excluding carboxylic acids is 1. The lowest BCUT2D eigenvalue weighted by Gasteiger charge is -2.17. The van der Waals surface area contributed by atoms with E-state index in [-0.39, 0.29) is 17.4 Å². The molecule has 0 radical (unpaired) electrons. The molecule has 0 aliphatic carbocycles. The van der Waals surface area contributed by atoms with Crippen molar-refractivity contribution in [1.82, 2.24) is 4.90 Å². The number of hydrogen-bond donors (Lipinski definition) is 1. The Labute approximate surface area is 133 Å². The highest BCUT2D eigenvalue weighted by Crippen LogP contribution is 2.27. The first-order valence-corrected chi connectivity index (χ1v) is 7.82. The monoisotopic (exact) mass is 321 g/mol. The summed E-state index contributed by atoms with van der Waals surface area (Å²) in [5.41, 5.74) is 0.992. The standard InChI is InChI=1S/C16H16ClNO2S/c1-18(10-12-5-4-6-13(17)9-12)16(20)11-21-15-8-3-2-7-14(15)19/h2-9,19H,10-11H2,1H3. The number of thioether (sulfide) groups is 1. The number of para-hydroxylation sites is 1. The van der Waals surface area contributed by atoms with Crippen LogP contribution in [0.4, 0.5) is 0 Å². The van der Waals surface area contributed by atoms with Crippen LogP contribution in [0.1, 0.15) is 5.56 Å². The minimum atomic E-state index is 0.00299. The lowest BCUT2D eigenvalue weighted by molar-refractivity contribution is -0.127. The summed E-state index contributed by atoms with van der Waals surface area (Å²) < 4.78 is 0. The Hall–Kier alpha value is -1.65. The minimum absolute atomic E-state index is 0.00299. The second-order valence-corrected chi connectivity index (χ2v) is 6.09. The second-order valence-electron chi connectivity index (χ2n) is 4.64. The molecule has 0 bridgehead atoms. The van der Waals surface area contributed by atoms with E-state index in [4.69, 9.17) is 11.6 Å². The van der Waals surface area contributed by atoms with Crippen LogP contribution in [0.15, 0.2) is 53.4 Å². The molecule has 0 aromatic heterocycles. The summed E-state index contributed by atoms with van der Waals surface area (Å²) in [4.78, 5) is 14.5. The molecule has 2 rings (SSSR count). The van der Waals surface area contributed by atoms with E-state index in [0.29, 0.717) is 16.5 Å². The van der Waals surface area contributed by atoms with Gasteiger partial charge in [0.1, 0.15) is 5.75 Å². The normalized spacial score (nSPS) is 10.4. The van der Waals surface area contributed by atoms with Crippen LogP contribution in [0.25, 0.3) is 0 Å². The van der Waals surface area contributed by atoms with Gasteiger partial charge in [-0.1, -0.05) is 35.9 Å². The molecule has 0 unspecified atom stereocenters. The first kappa shape index (κ1) is 15.7. The van der Waals surface area contributed by atoms with E-state index in [0.717, 1.165) is 5.56 Å². The van der Waals surface area contributed by atoms with Crippen molar-refractivity contribution in [3.63, 3.8) is 0 Å². The molecule has 2 aromatic rings. The highest BCUT2D eigenvalue weighted by Gasteiger charge is 2.11. The highest BCUT2D eigenvalue weighted by molar-refractivity contribution is 8.00. The van der Waals surface area contributed by atoms with E-state index in [9.17, 15) is 9.90 Å². The molecule has 5 heteroatoms. The lowest BCUT2D eigenvalue weighted by atomic mass is 10.2. The quantitative estimate of drug-likeness (QED) is 0.852. The molecule has 3 nitrogen and oxygen atoms in total. The number of rotatable bonds is 5. The van der Waals surface area contributed by atoms with Gasteiger partial charge >= 0.3 is 0 Å². The SMILES string of the molecule is CN(Cc1cccc(Cl)c1)C(=O)CSc1ccccc1O. The summed E-state index contributed by atoms with van der Waals surface area (Å²) in [6.45, 7) is 0.515. The maximum Gasteiger partial charge on any atom is 0.232 e. The summed E-state index contributed by atoms with van der Waals surface area (Å²) in [5, 5.41) is 10.3. The van der Waals surface area contributed by atoms with Gasteiger partial charge in [0.2, 0.25) is 5.91 Å².